The van der Waals surface area contributed by atoms with E-state index in [0.29, 0.717) is 11.5 Å². The second-order valence-corrected chi connectivity index (χ2v) is 6.59. The summed E-state index contributed by atoms with van der Waals surface area (Å²) in [6.45, 7) is 13.4. The molecule has 0 spiro atoms. The summed E-state index contributed by atoms with van der Waals surface area (Å²) in [5.74, 6) is 0. The fourth-order valence-corrected chi connectivity index (χ4v) is 2.27. The van der Waals surface area contributed by atoms with Crippen LogP contribution in [-0.2, 0) is 4.74 Å². The van der Waals surface area contributed by atoms with Crippen molar-refractivity contribution in [2.45, 2.75) is 59.0 Å². The summed E-state index contributed by atoms with van der Waals surface area (Å²) in [7, 11) is 1.79. The van der Waals surface area contributed by atoms with Crippen molar-refractivity contribution in [3.8, 4) is 0 Å². The summed E-state index contributed by atoms with van der Waals surface area (Å²) in [6.07, 6.45) is 3.94. The van der Waals surface area contributed by atoms with Crippen molar-refractivity contribution in [3.63, 3.8) is 0 Å². The SMILES string of the molecule is CCCNC(CN(CCOC)C1CC1)C(C)(C)C. The summed E-state index contributed by atoms with van der Waals surface area (Å²) < 4.78 is 5.24. The lowest BCUT2D eigenvalue weighted by atomic mass is 9.86. The van der Waals surface area contributed by atoms with Gasteiger partial charge >= 0.3 is 0 Å². The van der Waals surface area contributed by atoms with Crippen molar-refractivity contribution >= 4 is 0 Å². The molecule has 0 aromatic carbocycles. The first kappa shape index (κ1) is 15.9. The summed E-state index contributed by atoms with van der Waals surface area (Å²) in [5.41, 5.74) is 0.315. The Morgan fingerprint density at radius 1 is 1.33 bits per heavy atom. The maximum Gasteiger partial charge on any atom is 0.0589 e. The molecule has 3 nitrogen and oxygen atoms in total. The van der Waals surface area contributed by atoms with Crippen molar-refractivity contribution in [2.24, 2.45) is 5.41 Å². The van der Waals surface area contributed by atoms with E-state index in [0.717, 1.165) is 32.3 Å². The molecule has 0 aliphatic heterocycles. The van der Waals surface area contributed by atoms with E-state index in [2.05, 4.69) is 37.9 Å². The molecule has 0 saturated heterocycles. The number of nitrogens with zero attached hydrogens (tertiary/aromatic N) is 1. The second-order valence-electron chi connectivity index (χ2n) is 6.59. The molecule has 0 heterocycles. The van der Waals surface area contributed by atoms with Crippen LogP contribution in [0.5, 0.6) is 0 Å². The molecule has 1 rings (SSSR count). The smallest absolute Gasteiger partial charge is 0.0589 e. The molecule has 108 valence electrons. The summed E-state index contributed by atoms with van der Waals surface area (Å²) in [4.78, 5) is 2.61. The van der Waals surface area contributed by atoms with Crippen molar-refractivity contribution in [1.82, 2.24) is 10.2 Å². The van der Waals surface area contributed by atoms with Crippen LogP contribution in [0, 0.1) is 5.41 Å². The molecule has 0 bridgehead atoms. The molecule has 1 unspecified atom stereocenters. The van der Waals surface area contributed by atoms with E-state index in [1.807, 2.05) is 0 Å². The Morgan fingerprint density at radius 2 is 2.00 bits per heavy atom. The third-order valence-corrected chi connectivity index (χ3v) is 3.75. The van der Waals surface area contributed by atoms with Crippen LogP contribution in [-0.4, -0.2) is 50.3 Å². The molecular formula is C15H32N2O. The molecule has 0 aromatic rings. The molecule has 1 saturated carbocycles. The molecule has 1 atom stereocenters. The molecule has 3 heteroatoms. The lowest BCUT2D eigenvalue weighted by Crippen LogP contribution is -2.50. The van der Waals surface area contributed by atoms with Crippen LogP contribution in [0.4, 0.5) is 0 Å². The highest BCUT2D eigenvalue weighted by Crippen LogP contribution is 2.29. The first-order chi connectivity index (χ1) is 8.49. The zero-order valence-corrected chi connectivity index (χ0v) is 13.0. The van der Waals surface area contributed by atoms with E-state index in [1.165, 1.54) is 19.3 Å². The quantitative estimate of drug-likeness (QED) is 0.686. The largest absolute Gasteiger partial charge is 0.383 e. The number of nitrogens with one attached hydrogen (secondary N) is 1. The minimum atomic E-state index is 0.315. The van der Waals surface area contributed by atoms with Crippen molar-refractivity contribution < 1.29 is 4.74 Å². The topological polar surface area (TPSA) is 24.5 Å². The van der Waals surface area contributed by atoms with Gasteiger partial charge in [0.25, 0.3) is 0 Å². The molecule has 0 amide bonds. The molecule has 1 N–H and O–H groups in total. The monoisotopic (exact) mass is 256 g/mol. The Balaban J connectivity index is 2.49. The van der Waals surface area contributed by atoms with E-state index in [4.69, 9.17) is 4.74 Å². The van der Waals surface area contributed by atoms with Gasteiger partial charge in [-0.05, 0) is 31.2 Å². The van der Waals surface area contributed by atoms with Gasteiger partial charge in [-0.3, -0.25) is 4.90 Å². The van der Waals surface area contributed by atoms with Gasteiger partial charge in [0.05, 0.1) is 6.61 Å². The van der Waals surface area contributed by atoms with Crippen molar-refractivity contribution in [1.29, 1.82) is 0 Å². The Labute approximate surface area is 113 Å². The summed E-state index contributed by atoms with van der Waals surface area (Å²) >= 11 is 0. The Morgan fingerprint density at radius 3 is 2.44 bits per heavy atom. The summed E-state index contributed by atoms with van der Waals surface area (Å²) in [6, 6.07) is 1.38. The van der Waals surface area contributed by atoms with Gasteiger partial charge in [-0.15, -0.1) is 0 Å². The normalized spacial score (nSPS) is 18.3. The van der Waals surface area contributed by atoms with Crippen LogP contribution in [0.15, 0.2) is 0 Å². The standard InChI is InChI=1S/C15H32N2O/c1-6-9-16-14(15(2,3)4)12-17(10-11-18-5)13-7-8-13/h13-14,16H,6-12H2,1-5H3. The zero-order valence-electron chi connectivity index (χ0n) is 13.0. The lowest BCUT2D eigenvalue weighted by Gasteiger charge is -2.36. The predicted octanol–water partition coefficient (Wildman–Crippen LogP) is 2.51. The number of hydrogen-bond acceptors (Lipinski definition) is 3. The first-order valence-corrected chi connectivity index (χ1v) is 7.45. The predicted molar refractivity (Wildman–Crippen MR) is 78.0 cm³/mol. The molecule has 0 radical (unpaired) electrons. The van der Waals surface area contributed by atoms with Gasteiger partial charge in [0.2, 0.25) is 0 Å². The fraction of sp³-hybridized carbons (Fsp3) is 1.00. The molecule has 1 aliphatic rings. The molecule has 0 aromatic heterocycles. The molecular weight excluding hydrogens is 224 g/mol. The fourth-order valence-electron chi connectivity index (χ4n) is 2.27. The number of methoxy groups -OCH3 is 1. The summed E-state index contributed by atoms with van der Waals surface area (Å²) in [5, 5.41) is 3.72. The van der Waals surface area contributed by atoms with Crippen LogP contribution in [0.3, 0.4) is 0 Å². The highest BCUT2D eigenvalue weighted by Gasteiger charge is 2.33. The molecule has 18 heavy (non-hydrogen) atoms. The minimum absolute atomic E-state index is 0.315. The van der Waals surface area contributed by atoms with Crippen molar-refractivity contribution in [3.05, 3.63) is 0 Å². The maximum absolute atomic E-state index is 5.24. The van der Waals surface area contributed by atoms with E-state index < -0.39 is 0 Å². The van der Waals surface area contributed by atoms with E-state index in [9.17, 15) is 0 Å². The number of rotatable bonds is 9. The molecule has 1 fully saturated rings. The van der Waals surface area contributed by atoms with Gasteiger partial charge in [0.15, 0.2) is 0 Å². The second kappa shape index (κ2) is 7.46. The Hall–Kier alpha value is -0.120. The van der Waals surface area contributed by atoms with E-state index >= 15 is 0 Å². The third kappa shape index (κ3) is 5.68. The Bertz CT molecular complexity index is 221. The minimum Gasteiger partial charge on any atom is -0.383 e. The highest BCUT2D eigenvalue weighted by atomic mass is 16.5. The zero-order chi connectivity index (χ0) is 13.6. The van der Waals surface area contributed by atoms with E-state index in [-0.39, 0.29) is 0 Å². The van der Waals surface area contributed by atoms with Gasteiger partial charge < -0.3 is 10.1 Å². The highest BCUT2D eigenvalue weighted by molar-refractivity contribution is 4.90. The average molecular weight is 256 g/mol. The molecule has 1 aliphatic carbocycles. The Kier molecular flexibility index (Phi) is 6.61. The van der Waals surface area contributed by atoms with Crippen LogP contribution in [0.25, 0.3) is 0 Å². The number of ether oxygens (including phenoxy) is 1. The van der Waals surface area contributed by atoms with Gasteiger partial charge in [-0.25, -0.2) is 0 Å². The number of hydrogen-bond donors (Lipinski definition) is 1. The van der Waals surface area contributed by atoms with Crippen LogP contribution in [0.2, 0.25) is 0 Å². The van der Waals surface area contributed by atoms with Gasteiger partial charge in [-0.2, -0.15) is 0 Å². The third-order valence-electron chi connectivity index (χ3n) is 3.75. The van der Waals surface area contributed by atoms with Crippen LogP contribution < -0.4 is 5.32 Å². The van der Waals surface area contributed by atoms with Crippen LogP contribution >= 0.6 is 0 Å². The maximum atomic E-state index is 5.24. The average Bonchev–Trinajstić information content (AvgIpc) is 3.10. The van der Waals surface area contributed by atoms with Gasteiger partial charge in [-0.1, -0.05) is 27.7 Å². The van der Waals surface area contributed by atoms with Gasteiger partial charge in [0.1, 0.15) is 0 Å². The van der Waals surface area contributed by atoms with Gasteiger partial charge in [0, 0.05) is 32.3 Å². The van der Waals surface area contributed by atoms with Crippen molar-refractivity contribution in [2.75, 3.05) is 33.4 Å². The lowest BCUT2D eigenvalue weighted by molar-refractivity contribution is 0.117. The first-order valence-electron chi connectivity index (χ1n) is 7.45. The van der Waals surface area contributed by atoms with Crippen LogP contribution in [0.1, 0.15) is 47.0 Å². The van der Waals surface area contributed by atoms with E-state index in [1.54, 1.807) is 7.11 Å².